The molecular formula is C21H28N4OS. The van der Waals surface area contributed by atoms with Gasteiger partial charge >= 0.3 is 0 Å². The zero-order chi connectivity index (χ0) is 18.8. The summed E-state index contributed by atoms with van der Waals surface area (Å²) >= 11 is 1.86. The second-order valence-electron chi connectivity index (χ2n) is 7.56. The zero-order valence-corrected chi connectivity index (χ0v) is 17.2. The van der Waals surface area contributed by atoms with Gasteiger partial charge in [-0.05, 0) is 17.7 Å². The molecule has 6 heteroatoms. The Morgan fingerprint density at radius 1 is 1.41 bits per heavy atom. The fourth-order valence-corrected chi connectivity index (χ4v) is 4.85. The number of hydrogen-bond donors (Lipinski definition) is 1. The van der Waals surface area contributed by atoms with Crippen molar-refractivity contribution in [1.82, 2.24) is 20.2 Å². The summed E-state index contributed by atoms with van der Waals surface area (Å²) in [6, 6.07) is 4.63. The van der Waals surface area contributed by atoms with Crippen molar-refractivity contribution < 1.29 is 4.74 Å². The minimum atomic E-state index is 0.428. The number of hydrogen-bond acceptors (Lipinski definition) is 6. The van der Waals surface area contributed by atoms with Crippen molar-refractivity contribution >= 4 is 23.1 Å². The van der Waals surface area contributed by atoms with Gasteiger partial charge in [0.1, 0.15) is 5.69 Å². The quantitative estimate of drug-likeness (QED) is 0.846. The Balaban J connectivity index is 1.81. The molecule has 0 spiro atoms. The molecule has 27 heavy (non-hydrogen) atoms. The predicted octanol–water partition coefficient (Wildman–Crippen LogP) is 1.46. The van der Waals surface area contributed by atoms with Crippen LogP contribution in [0.4, 0.5) is 0 Å². The van der Waals surface area contributed by atoms with Crippen LogP contribution in [0.25, 0.3) is 11.8 Å². The summed E-state index contributed by atoms with van der Waals surface area (Å²) < 4.78 is 5.29. The van der Waals surface area contributed by atoms with Crippen LogP contribution in [0.1, 0.15) is 41.8 Å². The summed E-state index contributed by atoms with van der Waals surface area (Å²) in [7, 11) is 1.77. The van der Waals surface area contributed by atoms with Crippen molar-refractivity contribution in [2.24, 2.45) is 0 Å². The van der Waals surface area contributed by atoms with E-state index in [2.05, 4.69) is 36.2 Å². The predicted molar refractivity (Wildman–Crippen MR) is 110 cm³/mol. The molecule has 0 amide bonds. The molecule has 1 unspecified atom stereocenters. The number of pyridine rings is 1. The molecule has 0 bridgehead atoms. The van der Waals surface area contributed by atoms with Crippen molar-refractivity contribution in [2.75, 3.05) is 33.4 Å². The number of methoxy groups -OCH3 is 1. The van der Waals surface area contributed by atoms with E-state index in [9.17, 15) is 0 Å². The molecule has 2 aliphatic rings. The molecular weight excluding hydrogens is 356 g/mol. The maximum Gasteiger partial charge on any atom is 0.103 e. The van der Waals surface area contributed by atoms with Gasteiger partial charge in [-0.3, -0.25) is 4.98 Å². The molecule has 1 aliphatic heterocycles. The Morgan fingerprint density at radius 2 is 2.30 bits per heavy atom. The molecule has 1 aliphatic carbocycles. The summed E-state index contributed by atoms with van der Waals surface area (Å²) in [5.74, 6) is 0.448. The Bertz CT molecular complexity index is 921. The molecule has 1 saturated heterocycles. The summed E-state index contributed by atoms with van der Waals surface area (Å²) in [5, 5.41) is 7.14. The third-order valence-electron chi connectivity index (χ3n) is 5.24. The van der Waals surface area contributed by atoms with Crippen molar-refractivity contribution in [3.05, 3.63) is 44.5 Å². The Morgan fingerprint density at radius 3 is 3.11 bits per heavy atom. The van der Waals surface area contributed by atoms with E-state index in [1.54, 1.807) is 7.11 Å². The lowest BCUT2D eigenvalue weighted by molar-refractivity contribution is 0.166. The van der Waals surface area contributed by atoms with Gasteiger partial charge < -0.3 is 15.0 Å². The fourth-order valence-electron chi connectivity index (χ4n) is 3.82. The Hall–Kier alpha value is -1.76. The average Bonchev–Trinajstić information content (AvgIpc) is 3.04. The summed E-state index contributed by atoms with van der Waals surface area (Å²) in [6.07, 6.45) is 6.16. The lowest BCUT2D eigenvalue weighted by Gasteiger charge is -2.36. The largest absolute Gasteiger partial charge is 0.385 e. The first-order valence-electron chi connectivity index (χ1n) is 9.80. The second kappa shape index (κ2) is 8.09. The zero-order valence-electron chi connectivity index (χ0n) is 16.4. The second-order valence-corrected chi connectivity index (χ2v) is 8.67. The van der Waals surface area contributed by atoms with Crippen LogP contribution in [0, 0.1) is 0 Å². The first-order valence-corrected chi connectivity index (χ1v) is 10.6. The molecule has 5 nitrogen and oxygen atoms in total. The number of nitrogens with zero attached hydrogens (tertiary/aromatic N) is 3. The standard InChI is InChI=1S/C21H28N4OS/c1-14(2)21-24-19-17(27-21)7-6-15-5-4-9-23-18(15)20(19)25-11-10-22-16(13-25)8-12-26-3/h4-6,9,14,16,22H,7-8,10-13H2,1-3H3. The Labute approximate surface area is 164 Å². The van der Waals surface area contributed by atoms with Crippen molar-refractivity contribution in [1.29, 1.82) is 0 Å². The van der Waals surface area contributed by atoms with Crippen LogP contribution in [0.3, 0.4) is 0 Å². The van der Waals surface area contributed by atoms with Crippen LogP contribution in [0.15, 0.2) is 18.3 Å². The maximum atomic E-state index is 5.29. The highest BCUT2D eigenvalue weighted by molar-refractivity contribution is 7.12. The monoisotopic (exact) mass is 384 g/mol. The third kappa shape index (κ3) is 3.79. The minimum absolute atomic E-state index is 0.428. The first-order chi connectivity index (χ1) is 13.2. The minimum Gasteiger partial charge on any atom is -0.385 e. The number of fused-ring (bicyclic) bond motifs is 2. The van der Waals surface area contributed by atoms with E-state index in [1.165, 1.54) is 20.8 Å². The molecule has 1 atom stereocenters. The molecule has 2 aromatic heterocycles. The number of nitrogens with one attached hydrogen (secondary N) is 1. The normalized spacial score (nSPS) is 19.5. The highest BCUT2D eigenvalue weighted by Gasteiger charge is 2.27. The smallest absolute Gasteiger partial charge is 0.103 e. The number of piperazine rings is 1. The van der Waals surface area contributed by atoms with Gasteiger partial charge in [-0.1, -0.05) is 26.0 Å². The van der Waals surface area contributed by atoms with Gasteiger partial charge in [0, 0.05) is 62.8 Å². The molecule has 0 saturated carbocycles. The van der Waals surface area contributed by atoms with E-state index < -0.39 is 0 Å². The lowest BCUT2D eigenvalue weighted by atomic mass is 10.1. The number of rotatable bonds is 5. The fraction of sp³-hybridized carbons (Fsp3) is 0.524. The van der Waals surface area contributed by atoms with Crippen molar-refractivity contribution in [3.8, 4) is 0 Å². The van der Waals surface area contributed by atoms with Crippen LogP contribution in [0.5, 0.6) is 0 Å². The third-order valence-corrected chi connectivity index (χ3v) is 6.62. The highest BCUT2D eigenvalue weighted by Crippen LogP contribution is 2.31. The van der Waals surface area contributed by atoms with Gasteiger partial charge in [0.2, 0.25) is 0 Å². The average molecular weight is 385 g/mol. The highest BCUT2D eigenvalue weighted by atomic mass is 32.1. The van der Waals surface area contributed by atoms with E-state index in [0.29, 0.717) is 12.0 Å². The number of thiazole rings is 1. The van der Waals surface area contributed by atoms with Crippen LogP contribution < -0.4 is 15.9 Å². The van der Waals surface area contributed by atoms with Gasteiger partial charge in [0.25, 0.3) is 0 Å². The summed E-state index contributed by atoms with van der Waals surface area (Å²) in [4.78, 5) is 13.7. The van der Waals surface area contributed by atoms with Gasteiger partial charge in [-0.25, -0.2) is 4.98 Å². The van der Waals surface area contributed by atoms with E-state index in [0.717, 1.165) is 50.1 Å². The molecule has 3 heterocycles. The Kier molecular flexibility index (Phi) is 5.57. The number of ether oxygens (including phenoxy) is 1. The van der Waals surface area contributed by atoms with Crippen LogP contribution in [-0.4, -0.2) is 54.3 Å². The molecule has 4 rings (SSSR count). The van der Waals surface area contributed by atoms with Gasteiger partial charge in [-0.2, -0.15) is 0 Å². The van der Waals surface area contributed by atoms with E-state index in [-0.39, 0.29) is 0 Å². The summed E-state index contributed by atoms with van der Waals surface area (Å²) in [5.41, 5.74) is 2.35. The molecule has 0 aromatic carbocycles. The lowest BCUT2D eigenvalue weighted by Crippen LogP contribution is -2.52. The molecule has 1 N–H and O–H groups in total. The van der Waals surface area contributed by atoms with Gasteiger partial charge in [0.15, 0.2) is 0 Å². The first kappa shape index (κ1) is 18.6. The van der Waals surface area contributed by atoms with Gasteiger partial charge in [0.05, 0.1) is 16.1 Å². The van der Waals surface area contributed by atoms with E-state index in [1.807, 2.05) is 23.6 Å². The van der Waals surface area contributed by atoms with E-state index in [4.69, 9.17) is 14.7 Å². The number of aromatic nitrogens is 2. The van der Waals surface area contributed by atoms with Crippen LogP contribution in [0.2, 0.25) is 0 Å². The van der Waals surface area contributed by atoms with Crippen molar-refractivity contribution in [3.63, 3.8) is 0 Å². The molecule has 0 radical (unpaired) electrons. The van der Waals surface area contributed by atoms with E-state index >= 15 is 0 Å². The topological polar surface area (TPSA) is 50.3 Å². The summed E-state index contributed by atoms with van der Waals surface area (Å²) in [6.45, 7) is 8.13. The molecule has 2 aromatic rings. The SMILES string of the molecule is COCCC1CN(C2=c3ncccc3=CCc3sc(C(C)C)nc32)CCN1. The van der Waals surface area contributed by atoms with Crippen molar-refractivity contribution in [2.45, 2.75) is 38.6 Å². The van der Waals surface area contributed by atoms with Crippen LogP contribution in [-0.2, 0) is 11.2 Å². The maximum absolute atomic E-state index is 5.29. The van der Waals surface area contributed by atoms with Gasteiger partial charge in [-0.15, -0.1) is 11.3 Å². The molecule has 144 valence electrons. The van der Waals surface area contributed by atoms with Crippen LogP contribution >= 0.6 is 11.3 Å². The molecule has 1 fully saturated rings.